The Kier molecular flexibility index (Phi) is 6.33. The fourth-order valence-corrected chi connectivity index (χ4v) is 2.36. The van der Waals surface area contributed by atoms with Crippen molar-refractivity contribution in [2.24, 2.45) is 0 Å². The van der Waals surface area contributed by atoms with Crippen LogP contribution in [0, 0.1) is 0 Å². The van der Waals surface area contributed by atoms with Crippen LogP contribution in [0.25, 0.3) is 11.1 Å². The van der Waals surface area contributed by atoms with Gasteiger partial charge >= 0.3 is 0 Å². The second-order valence-corrected chi connectivity index (χ2v) is 5.30. The number of benzene rings is 2. The summed E-state index contributed by atoms with van der Waals surface area (Å²) in [5.41, 5.74) is 3.93. The summed E-state index contributed by atoms with van der Waals surface area (Å²) < 4.78 is 0. The zero-order valence-corrected chi connectivity index (χ0v) is 12.4. The molecule has 0 aromatic heterocycles. The van der Waals surface area contributed by atoms with Crippen molar-refractivity contribution in [3.05, 3.63) is 60.2 Å². The van der Waals surface area contributed by atoms with Crippen molar-refractivity contribution in [1.29, 1.82) is 0 Å². The molecule has 0 fully saturated rings. The van der Waals surface area contributed by atoms with Gasteiger partial charge in [-0.05, 0) is 29.7 Å². The van der Waals surface area contributed by atoms with Gasteiger partial charge in [0.15, 0.2) is 0 Å². The Morgan fingerprint density at radius 3 is 2.15 bits per heavy atom. The van der Waals surface area contributed by atoms with Crippen molar-refractivity contribution in [1.82, 2.24) is 5.32 Å². The van der Waals surface area contributed by atoms with Gasteiger partial charge in [-0.15, -0.1) is 0 Å². The molecule has 0 bridgehead atoms. The summed E-state index contributed by atoms with van der Waals surface area (Å²) >= 11 is 0. The van der Waals surface area contributed by atoms with Crippen LogP contribution in [0.3, 0.4) is 0 Å². The van der Waals surface area contributed by atoms with Crippen LogP contribution in [0.15, 0.2) is 54.6 Å². The van der Waals surface area contributed by atoms with E-state index < -0.39 is 0 Å². The van der Waals surface area contributed by atoms with E-state index >= 15 is 0 Å². The van der Waals surface area contributed by atoms with Crippen LogP contribution in [0.4, 0.5) is 0 Å². The minimum atomic E-state index is 0.973. The lowest BCUT2D eigenvalue weighted by molar-refractivity contribution is 0.598. The summed E-state index contributed by atoms with van der Waals surface area (Å²) in [7, 11) is 0. The van der Waals surface area contributed by atoms with E-state index in [-0.39, 0.29) is 0 Å². The summed E-state index contributed by atoms with van der Waals surface area (Å²) in [6, 6.07) is 19.4. The predicted molar refractivity (Wildman–Crippen MR) is 87.7 cm³/mol. The summed E-state index contributed by atoms with van der Waals surface area (Å²) in [4.78, 5) is 0. The van der Waals surface area contributed by atoms with Crippen molar-refractivity contribution < 1.29 is 0 Å². The van der Waals surface area contributed by atoms with Crippen molar-refractivity contribution in [3.63, 3.8) is 0 Å². The third-order valence-electron chi connectivity index (χ3n) is 3.60. The number of rotatable bonds is 8. The fraction of sp³-hybridized carbons (Fsp3) is 0.368. The molecule has 20 heavy (non-hydrogen) atoms. The highest BCUT2D eigenvalue weighted by atomic mass is 14.8. The van der Waals surface area contributed by atoms with Gasteiger partial charge in [0, 0.05) is 6.54 Å². The van der Waals surface area contributed by atoms with Crippen molar-refractivity contribution in [2.45, 2.75) is 39.2 Å². The SMILES string of the molecule is CCCCCCNCc1ccc(-c2ccccc2)cc1. The molecule has 0 amide bonds. The molecule has 0 radical (unpaired) electrons. The molecule has 0 aliphatic carbocycles. The average Bonchev–Trinajstić information content (AvgIpc) is 2.52. The van der Waals surface area contributed by atoms with E-state index in [1.54, 1.807) is 0 Å². The molecule has 1 N–H and O–H groups in total. The van der Waals surface area contributed by atoms with Gasteiger partial charge in [-0.25, -0.2) is 0 Å². The molecule has 0 saturated carbocycles. The van der Waals surface area contributed by atoms with E-state index in [1.807, 2.05) is 0 Å². The van der Waals surface area contributed by atoms with Crippen molar-refractivity contribution in [2.75, 3.05) is 6.54 Å². The van der Waals surface area contributed by atoms with Gasteiger partial charge < -0.3 is 5.32 Å². The van der Waals surface area contributed by atoms with Gasteiger partial charge in [-0.1, -0.05) is 80.8 Å². The summed E-state index contributed by atoms with van der Waals surface area (Å²) in [6.07, 6.45) is 5.29. The summed E-state index contributed by atoms with van der Waals surface area (Å²) in [5.74, 6) is 0. The first-order chi connectivity index (χ1) is 9.90. The van der Waals surface area contributed by atoms with Crippen LogP contribution < -0.4 is 5.32 Å². The van der Waals surface area contributed by atoms with E-state index in [2.05, 4.69) is 66.8 Å². The molecule has 1 nitrogen and oxygen atoms in total. The minimum absolute atomic E-state index is 0.973. The highest BCUT2D eigenvalue weighted by molar-refractivity contribution is 5.63. The maximum atomic E-state index is 3.52. The van der Waals surface area contributed by atoms with Crippen LogP contribution >= 0.6 is 0 Å². The summed E-state index contributed by atoms with van der Waals surface area (Å²) in [5, 5.41) is 3.52. The molecule has 0 saturated heterocycles. The normalized spacial score (nSPS) is 10.7. The lowest BCUT2D eigenvalue weighted by Crippen LogP contribution is -2.14. The third-order valence-corrected chi connectivity index (χ3v) is 3.60. The van der Waals surface area contributed by atoms with Crippen molar-refractivity contribution in [3.8, 4) is 11.1 Å². The number of hydrogen-bond donors (Lipinski definition) is 1. The monoisotopic (exact) mass is 267 g/mol. The number of unbranched alkanes of at least 4 members (excludes halogenated alkanes) is 3. The molecule has 0 heterocycles. The number of hydrogen-bond acceptors (Lipinski definition) is 1. The maximum Gasteiger partial charge on any atom is 0.0205 e. The van der Waals surface area contributed by atoms with Gasteiger partial charge in [0.2, 0.25) is 0 Å². The van der Waals surface area contributed by atoms with Crippen LogP contribution in [-0.4, -0.2) is 6.54 Å². The van der Waals surface area contributed by atoms with Crippen LogP contribution in [0.2, 0.25) is 0 Å². The number of nitrogens with one attached hydrogen (secondary N) is 1. The van der Waals surface area contributed by atoms with Crippen LogP contribution in [-0.2, 0) is 6.54 Å². The lowest BCUT2D eigenvalue weighted by atomic mass is 10.0. The van der Waals surface area contributed by atoms with E-state index in [1.165, 1.54) is 42.4 Å². The lowest BCUT2D eigenvalue weighted by Gasteiger charge is -2.06. The first kappa shape index (κ1) is 14.8. The molecule has 2 rings (SSSR count). The van der Waals surface area contributed by atoms with Crippen LogP contribution in [0.5, 0.6) is 0 Å². The van der Waals surface area contributed by atoms with Crippen molar-refractivity contribution >= 4 is 0 Å². The topological polar surface area (TPSA) is 12.0 Å². The molecule has 0 aliphatic heterocycles. The van der Waals surface area contributed by atoms with Gasteiger partial charge in [0.05, 0.1) is 0 Å². The second kappa shape index (κ2) is 8.55. The molecule has 0 aliphatic rings. The molecule has 0 unspecified atom stereocenters. The van der Waals surface area contributed by atoms with E-state index in [4.69, 9.17) is 0 Å². The van der Waals surface area contributed by atoms with Gasteiger partial charge in [-0.3, -0.25) is 0 Å². The Balaban J connectivity index is 1.77. The Morgan fingerprint density at radius 1 is 0.750 bits per heavy atom. The first-order valence-electron chi connectivity index (χ1n) is 7.75. The Labute approximate surface area is 123 Å². The van der Waals surface area contributed by atoms with Crippen LogP contribution in [0.1, 0.15) is 38.2 Å². The molecule has 2 aromatic carbocycles. The Morgan fingerprint density at radius 2 is 1.45 bits per heavy atom. The van der Waals surface area contributed by atoms with Gasteiger partial charge in [0.25, 0.3) is 0 Å². The van der Waals surface area contributed by atoms with Gasteiger partial charge in [0.1, 0.15) is 0 Å². The molecule has 1 heteroatoms. The molecular formula is C19H25N. The highest BCUT2D eigenvalue weighted by Gasteiger charge is 1.97. The highest BCUT2D eigenvalue weighted by Crippen LogP contribution is 2.19. The molecule has 2 aromatic rings. The Bertz CT molecular complexity index is 473. The first-order valence-corrected chi connectivity index (χ1v) is 7.75. The summed E-state index contributed by atoms with van der Waals surface area (Å²) in [6.45, 7) is 4.35. The molecule has 0 spiro atoms. The fourth-order valence-electron chi connectivity index (χ4n) is 2.36. The zero-order chi connectivity index (χ0) is 14.0. The standard InChI is InChI=1S/C19H25N/c1-2-3-4-8-15-20-16-17-11-13-19(14-12-17)18-9-6-5-7-10-18/h5-7,9-14,20H,2-4,8,15-16H2,1H3. The second-order valence-electron chi connectivity index (χ2n) is 5.30. The molecular weight excluding hydrogens is 242 g/mol. The maximum absolute atomic E-state index is 3.52. The Hall–Kier alpha value is -1.60. The van der Waals surface area contributed by atoms with Gasteiger partial charge in [-0.2, -0.15) is 0 Å². The zero-order valence-electron chi connectivity index (χ0n) is 12.4. The van der Waals surface area contributed by atoms with E-state index in [9.17, 15) is 0 Å². The van der Waals surface area contributed by atoms with E-state index in [0.717, 1.165) is 13.1 Å². The van der Waals surface area contributed by atoms with E-state index in [0.29, 0.717) is 0 Å². The smallest absolute Gasteiger partial charge is 0.0205 e. The molecule has 106 valence electrons. The average molecular weight is 267 g/mol. The largest absolute Gasteiger partial charge is 0.313 e. The minimum Gasteiger partial charge on any atom is -0.313 e. The molecule has 0 atom stereocenters. The quantitative estimate of drug-likeness (QED) is 0.662. The predicted octanol–water partition coefficient (Wildman–Crippen LogP) is 5.02. The third kappa shape index (κ3) is 4.82.